The maximum Gasteiger partial charge on any atom is 0.305 e. The second kappa shape index (κ2) is 5.35. The van der Waals surface area contributed by atoms with E-state index in [1.807, 2.05) is 20.8 Å². The van der Waals surface area contributed by atoms with E-state index >= 15 is 0 Å². The van der Waals surface area contributed by atoms with Gasteiger partial charge in [0.05, 0.1) is 6.61 Å². The predicted molar refractivity (Wildman–Crippen MR) is 76.2 cm³/mol. The minimum atomic E-state index is -0.404. The van der Waals surface area contributed by atoms with Gasteiger partial charge in [0, 0.05) is 18.4 Å². The first kappa shape index (κ1) is 14.7. The smallest absolute Gasteiger partial charge is 0.305 e. The Labute approximate surface area is 119 Å². The van der Waals surface area contributed by atoms with Crippen LogP contribution in [0, 0.1) is 13.8 Å². The van der Waals surface area contributed by atoms with Gasteiger partial charge in [0.15, 0.2) is 0 Å². The zero-order valence-corrected chi connectivity index (χ0v) is 12.6. The van der Waals surface area contributed by atoms with Gasteiger partial charge in [0.1, 0.15) is 17.1 Å². The molecule has 0 saturated carbocycles. The lowest BCUT2D eigenvalue weighted by atomic mass is 9.91. The number of ether oxygens (including phenoxy) is 2. The molecule has 0 aromatic heterocycles. The number of fused-ring (bicyclic) bond motifs is 1. The number of phenols is 1. The SMILES string of the molecule is CCOC(=O)CCC1(C)Cc2c(C)c(O)cc(C)c2O1. The van der Waals surface area contributed by atoms with Crippen LogP contribution in [0.2, 0.25) is 0 Å². The van der Waals surface area contributed by atoms with Crippen molar-refractivity contribution in [2.75, 3.05) is 6.61 Å². The normalized spacial score (nSPS) is 20.4. The maximum absolute atomic E-state index is 11.5. The molecule has 4 heteroatoms. The second-order valence-electron chi connectivity index (χ2n) is 5.68. The lowest BCUT2D eigenvalue weighted by Gasteiger charge is -2.23. The molecule has 1 heterocycles. The van der Waals surface area contributed by atoms with Crippen molar-refractivity contribution in [2.24, 2.45) is 0 Å². The summed E-state index contributed by atoms with van der Waals surface area (Å²) in [6, 6.07) is 1.73. The van der Waals surface area contributed by atoms with Crippen molar-refractivity contribution in [3.05, 3.63) is 22.8 Å². The van der Waals surface area contributed by atoms with E-state index in [1.54, 1.807) is 13.0 Å². The predicted octanol–water partition coefficient (Wildman–Crippen LogP) is 3.05. The van der Waals surface area contributed by atoms with Crippen LogP contribution < -0.4 is 4.74 Å². The van der Waals surface area contributed by atoms with Gasteiger partial charge in [-0.05, 0) is 51.3 Å². The first-order chi connectivity index (χ1) is 9.36. The number of phenolic OH excluding ortho intramolecular Hbond substituents is 1. The average molecular weight is 278 g/mol. The number of benzene rings is 1. The maximum atomic E-state index is 11.5. The number of rotatable bonds is 4. The van der Waals surface area contributed by atoms with Crippen LogP contribution in [0.15, 0.2) is 6.07 Å². The van der Waals surface area contributed by atoms with Crippen molar-refractivity contribution in [2.45, 2.75) is 52.6 Å². The molecule has 0 radical (unpaired) electrons. The standard InChI is InChI=1S/C16H22O4/c1-5-19-14(18)6-7-16(4)9-12-11(3)13(17)8-10(2)15(12)20-16/h8,17H,5-7,9H2,1-4H3. The quantitative estimate of drug-likeness (QED) is 0.860. The van der Waals surface area contributed by atoms with Gasteiger partial charge in [-0.3, -0.25) is 4.79 Å². The Morgan fingerprint density at radius 1 is 1.50 bits per heavy atom. The van der Waals surface area contributed by atoms with Gasteiger partial charge in [-0.25, -0.2) is 0 Å². The molecule has 1 N–H and O–H groups in total. The molecule has 0 aliphatic carbocycles. The Kier molecular flexibility index (Phi) is 3.93. The van der Waals surface area contributed by atoms with E-state index in [4.69, 9.17) is 9.47 Å². The lowest BCUT2D eigenvalue weighted by Crippen LogP contribution is -2.31. The van der Waals surface area contributed by atoms with Crippen molar-refractivity contribution in [3.8, 4) is 11.5 Å². The topological polar surface area (TPSA) is 55.8 Å². The van der Waals surface area contributed by atoms with Gasteiger partial charge in [-0.1, -0.05) is 0 Å². The Morgan fingerprint density at radius 2 is 2.20 bits per heavy atom. The molecule has 1 aromatic rings. The Bertz CT molecular complexity index is 536. The molecule has 2 rings (SSSR count). The fourth-order valence-corrected chi connectivity index (χ4v) is 2.69. The second-order valence-corrected chi connectivity index (χ2v) is 5.68. The summed E-state index contributed by atoms with van der Waals surface area (Å²) in [6.45, 7) is 8.03. The van der Waals surface area contributed by atoms with Gasteiger partial charge in [-0.2, -0.15) is 0 Å². The third-order valence-corrected chi connectivity index (χ3v) is 3.88. The van der Waals surface area contributed by atoms with Crippen molar-refractivity contribution in [1.29, 1.82) is 0 Å². The highest BCUT2D eigenvalue weighted by atomic mass is 16.5. The summed E-state index contributed by atoms with van der Waals surface area (Å²) in [6.07, 6.45) is 1.67. The molecule has 0 saturated heterocycles. The molecule has 4 nitrogen and oxygen atoms in total. The molecular weight excluding hydrogens is 256 g/mol. The highest BCUT2D eigenvalue weighted by molar-refractivity contribution is 5.69. The highest BCUT2D eigenvalue weighted by Gasteiger charge is 2.37. The van der Waals surface area contributed by atoms with E-state index in [0.29, 0.717) is 31.6 Å². The largest absolute Gasteiger partial charge is 0.508 e. The highest BCUT2D eigenvalue weighted by Crippen LogP contribution is 2.44. The minimum Gasteiger partial charge on any atom is -0.508 e. The first-order valence-electron chi connectivity index (χ1n) is 7.03. The molecule has 1 atom stereocenters. The minimum absolute atomic E-state index is 0.190. The summed E-state index contributed by atoms with van der Waals surface area (Å²) in [5.41, 5.74) is 2.44. The fourth-order valence-electron chi connectivity index (χ4n) is 2.69. The first-order valence-corrected chi connectivity index (χ1v) is 7.03. The molecule has 20 heavy (non-hydrogen) atoms. The number of esters is 1. The Hall–Kier alpha value is -1.71. The van der Waals surface area contributed by atoms with Gasteiger partial charge < -0.3 is 14.6 Å². The lowest BCUT2D eigenvalue weighted by molar-refractivity contribution is -0.144. The van der Waals surface area contributed by atoms with Crippen LogP contribution in [-0.2, 0) is 16.0 Å². The van der Waals surface area contributed by atoms with Crippen LogP contribution in [0.4, 0.5) is 0 Å². The van der Waals surface area contributed by atoms with Crippen molar-refractivity contribution in [1.82, 2.24) is 0 Å². The van der Waals surface area contributed by atoms with E-state index in [9.17, 15) is 9.90 Å². The third kappa shape index (κ3) is 2.74. The summed E-state index contributed by atoms with van der Waals surface area (Å²) in [5, 5.41) is 9.89. The number of carbonyl (C=O) groups is 1. The zero-order valence-electron chi connectivity index (χ0n) is 12.6. The fraction of sp³-hybridized carbons (Fsp3) is 0.562. The van der Waals surface area contributed by atoms with E-state index in [2.05, 4.69) is 0 Å². The van der Waals surface area contributed by atoms with Crippen LogP contribution in [0.5, 0.6) is 11.5 Å². The van der Waals surface area contributed by atoms with Crippen LogP contribution in [0.25, 0.3) is 0 Å². The molecule has 0 amide bonds. The number of aryl methyl sites for hydroxylation is 1. The number of aromatic hydroxyl groups is 1. The summed E-state index contributed by atoms with van der Waals surface area (Å²) >= 11 is 0. The molecular formula is C16H22O4. The molecule has 0 fully saturated rings. The van der Waals surface area contributed by atoms with Gasteiger partial charge in [-0.15, -0.1) is 0 Å². The molecule has 1 aliphatic heterocycles. The summed E-state index contributed by atoms with van der Waals surface area (Å²) in [7, 11) is 0. The summed E-state index contributed by atoms with van der Waals surface area (Å²) < 4.78 is 11.0. The van der Waals surface area contributed by atoms with Gasteiger partial charge in [0.2, 0.25) is 0 Å². The van der Waals surface area contributed by atoms with E-state index < -0.39 is 5.60 Å². The number of carbonyl (C=O) groups excluding carboxylic acids is 1. The van der Waals surface area contributed by atoms with E-state index in [-0.39, 0.29) is 5.97 Å². The molecule has 110 valence electrons. The van der Waals surface area contributed by atoms with Crippen molar-refractivity contribution >= 4 is 5.97 Å². The van der Waals surface area contributed by atoms with Gasteiger partial charge in [0.25, 0.3) is 0 Å². The monoisotopic (exact) mass is 278 g/mol. The van der Waals surface area contributed by atoms with Gasteiger partial charge >= 0.3 is 5.97 Å². The molecule has 0 spiro atoms. The van der Waals surface area contributed by atoms with Crippen LogP contribution in [0.3, 0.4) is 0 Å². The number of hydrogen-bond donors (Lipinski definition) is 1. The van der Waals surface area contributed by atoms with Crippen LogP contribution in [0.1, 0.15) is 43.4 Å². The summed E-state index contributed by atoms with van der Waals surface area (Å²) in [5.74, 6) is 0.968. The Balaban J connectivity index is 2.14. The third-order valence-electron chi connectivity index (χ3n) is 3.88. The number of hydrogen-bond acceptors (Lipinski definition) is 4. The van der Waals surface area contributed by atoms with Crippen LogP contribution >= 0.6 is 0 Å². The molecule has 1 unspecified atom stereocenters. The molecule has 0 bridgehead atoms. The van der Waals surface area contributed by atoms with Crippen LogP contribution in [-0.4, -0.2) is 23.3 Å². The van der Waals surface area contributed by atoms with E-state index in [0.717, 1.165) is 22.4 Å². The molecule has 1 aromatic carbocycles. The van der Waals surface area contributed by atoms with E-state index in [1.165, 1.54) is 0 Å². The summed E-state index contributed by atoms with van der Waals surface area (Å²) in [4.78, 5) is 11.5. The average Bonchev–Trinajstić information content (AvgIpc) is 2.74. The molecule has 1 aliphatic rings. The Morgan fingerprint density at radius 3 is 2.85 bits per heavy atom. The zero-order chi connectivity index (χ0) is 14.9. The van der Waals surface area contributed by atoms with Crippen molar-refractivity contribution in [3.63, 3.8) is 0 Å². The van der Waals surface area contributed by atoms with Crippen molar-refractivity contribution < 1.29 is 19.4 Å².